The highest BCUT2D eigenvalue weighted by Crippen LogP contribution is 2.30. The van der Waals surface area contributed by atoms with Crippen LogP contribution in [0.2, 0.25) is 0 Å². The summed E-state index contributed by atoms with van der Waals surface area (Å²) >= 11 is 0. The Kier molecular flexibility index (Phi) is 4.40. The van der Waals surface area contributed by atoms with Crippen molar-refractivity contribution >= 4 is 5.97 Å². The lowest BCUT2D eigenvalue weighted by molar-refractivity contribution is 0.0600. The summed E-state index contributed by atoms with van der Waals surface area (Å²) in [5.74, 6) is 1.47. The third-order valence-corrected chi connectivity index (χ3v) is 4.03. The zero-order valence-electron chi connectivity index (χ0n) is 11.3. The van der Waals surface area contributed by atoms with E-state index in [0.29, 0.717) is 5.56 Å². The number of ether oxygens (including phenoxy) is 1. The predicted molar refractivity (Wildman–Crippen MR) is 72.6 cm³/mol. The summed E-state index contributed by atoms with van der Waals surface area (Å²) < 4.78 is 4.70. The zero-order chi connectivity index (χ0) is 13.0. The van der Waals surface area contributed by atoms with Crippen LogP contribution in [0.1, 0.15) is 48.5 Å². The van der Waals surface area contributed by atoms with Crippen LogP contribution in [-0.2, 0) is 11.2 Å². The van der Waals surface area contributed by atoms with Gasteiger partial charge in [0.05, 0.1) is 12.7 Å². The maximum absolute atomic E-state index is 11.3. The number of esters is 1. The fraction of sp³-hybridized carbons (Fsp3) is 0.562. The minimum absolute atomic E-state index is 0.256. The second-order valence-corrected chi connectivity index (χ2v) is 5.52. The molecule has 1 saturated carbocycles. The summed E-state index contributed by atoms with van der Waals surface area (Å²) in [5.41, 5.74) is 1.97. The first-order valence-electron chi connectivity index (χ1n) is 6.86. The standard InChI is InChI=1S/C16H22O2/c1-12-3-5-13(6-4-12)11-14-7-9-15(10-8-14)16(17)18-2/h7-10,12-13H,3-6,11H2,1-2H3. The van der Waals surface area contributed by atoms with Crippen LogP contribution in [0.5, 0.6) is 0 Å². The van der Waals surface area contributed by atoms with Crippen LogP contribution < -0.4 is 0 Å². The van der Waals surface area contributed by atoms with Crippen molar-refractivity contribution in [2.24, 2.45) is 11.8 Å². The number of carbonyl (C=O) groups is 1. The van der Waals surface area contributed by atoms with Gasteiger partial charge in [0.25, 0.3) is 0 Å². The van der Waals surface area contributed by atoms with Gasteiger partial charge in [0.1, 0.15) is 0 Å². The average Bonchev–Trinajstić information content (AvgIpc) is 2.41. The highest BCUT2D eigenvalue weighted by atomic mass is 16.5. The molecule has 1 fully saturated rings. The zero-order valence-corrected chi connectivity index (χ0v) is 11.3. The largest absolute Gasteiger partial charge is 0.465 e. The number of hydrogen-bond acceptors (Lipinski definition) is 2. The van der Waals surface area contributed by atoms with Gasteiger partial charge in [-0.2, -0.15) is 0 Å². The fourth-order valence-electron chi connectivity index (χ4n) is 2.76. The molecule has 0 aromatic heterocycles. The molecule has 0 saturated heterocycles. The van der Waals surface area contributed by atoms with Crippen LogP contribution in [0.3, 0.4) is 0 Å². The van der Waals surface area contributed by atoms with E-state index in [0.717, 1.165) is 18.3 Å². The Balaban J connectivity index is 1.92. The Bertz CT molecular complexity index is 386. The van der Waals surface area contributed by atoms with E-state index in [-0.39, 0.29) is 5.97 Å². The first-order chi connectivity index (χ1) is 8.69. The monoisotopic (exact) mass is 246 g/mol. The van der Waals surface area contributed by atoms with Gasteiger partial charge in [-0.25, -0.2) is 4.79 Å². The Morgan fingerprint density at radius 1 is 1.17 bits per heavy atom. The molecule has 0 bridgehead atoms. The fourth-order valence-corrected chi connectivity index (χ4v) is 2.76. The quantitative estimate of drug-likeness (QED) is 0.757. The minimum Gasteiger partial charge on any atom is -0.465 e. The predicted octanol–water partition coefficient (Wildman–Crippen LogP) is 3.84. The smallest absolute Gasteiger partial charge is 0.337 e. The molecular weight excluding hydrogens is 224 g/mol. The maximum atomic E-state index is 11.3. The van der Waals surface area contributed by atoms with Gasteiger partial charge < -0.3 is 4.74 Å². The van der Waals surface area contributed by atoms with Crippen LogP contribution in [0.15, 0.2) is 24.3 Å². The normalized spacial score (nSPS) is 23.7. The van der Waals surface area contributed by atoms with E-state index < -0.39 is 0 Å². The molecule has 2 rings (SSSR count). The molecule has 1 aliphatic rings. The molecule has 0 unspecified atom stereocenters. The molecule has 0 N–H and O–H groups in total. The van der Waals surface area contributed by atoms with Crippen molar-refractivity contribution in [2.75, 3.05) is 7.11 Å². The van der Waals surface area contributed by atoms with Crippen molar-refractivity contribution in [2.45, 2.75) is 39.0 Å². The maximum Gasteiger partial charge on any atom is 0.337 e. The summed E-state index contributed by atoms with van der Waals surface area (Å²) in [5, 5.41) is 0. The molecule has 0 atom stereocenters. The third-order valence-electron chi connectivity index (χ3n) is 4.03. The lowest BCUT2D eigenvalue weighted by Crippen LogP contribution is -2.14. The molecule has 98 valence electrons. The summed E-state index contributed by atoms with van der Waals surface area (Å²) in [6, 6.07) is 7.85. The van der Waals surface area contributed by atoms with Crippen LogP contribution in [-0.4, -0.2) is 13.1 Å². The highest BCUT2D eigenvalue weighted by molar-refractivity contribution is 5.89. The van der Waals surface area contributed by atoms with Crippen molar-refractivity contribution in [1.82, 2.24) is 0 Å². The summed E-state index contributed by atoms with van der Waals surface area (Å²) in [7, 11) is 1.42. The van der Waals surface area contributed by atoms with E-state index in [1.54, 1.807) is 0 Å². The summed E-state index contributed by atoms with van der Waals surface area (Å²) in [4.78, 5) is 11.3. The van der Waals surface area contributed by atoms with Crippen LogP contribution >= 0.6 is 0 Å². The Morgan fingerprint density at radius 2 is 1.78 bits per heavy atom. The summed E-state index contributed by atoms with van der Waals surface area (Å²) in [6.45, 7) is 2.35. The molecule has 18 heavy (non-hydrogen) atoms. The lowest BCUT2D eigenvalue weighted by atomic mass is 9.80. The molecule has 1 aliphatic carbocycles. The highest BCUT2D eigenvalue weighted by Gasteiger charge is 2.18. The van der Waals surface area contributed by atoms with Crippen LogP contribution in [0.25, 0.3) is 0 Å². The van der Waals surface area contributed by atoms with Gasteiger partial charge in [0.15, 0.2) is 0 Å². The van der Waals surface area contributed by atoms with Gasteiger partial charge in [-0.1, -0.05) is 31.9 Å². The first-order valence-corrected chi connectivity index (χ1v) is 6.86. The van der Waals surface area contributed by atoms with Gasteiger partial charge in [0, 0.05) is 0 Å². The number of carbonyl (C=O) groups excluding carboxylic acids is 1. The van der Waals surface area contributed by atoms with Crippen molar-refractivity contribution in [3.63, 3.8) is 0 Å². The molecule has 0 heterocycles. The molecule has 0 amide bonds. The Hall–Kier alpha value is -1.31. The molecule has 1 aromatic rings. The van der Waals surface area contributed by atoms with Crippen molar-refractivity contribution in [3.8, 4) is 0 Å². The van der Waals surface area contributed by atoms with Crippen LogP contribution in [0.4, 0.5) is 0 Å². The molecule has 0 aliphatic heterocycles. The molecule has 2 nitrogen and oxygen atoms in total. The van der Waals surface area contributed by atoms with Crippen molar-refractivity contribution in [1.29, 1.82) is 0 Å². The van der Waals surface area contributed by atoms with Gasteiger partial charge in [0.2, 0.25) is 0 Å². The second kappa shape index (κ2) is 6.03. The Labute approximate surface area is 109 Å². The van der Waals surface area contributed by atoms with Gasteiger partial charge in [-0.05, 0) is 48.8 Å². The molecule has 2 heteroatoms. The summed E-state index contributed by atoms with van der Waals surface area (Å²) in [6.07, 6.45) is 6.57. The van der Waals surface area contributed by atoms with E-state index in [9.17, 15) is 4.79 Å². The van der Waals surface area contributed by atoms with Crippen molar-refractivity contribution in [3.05, 3.63) is 35.4 Å². The average molecular weight is 246 g/mol. The molecular formula is C16H22O2. The number of hydrogen-bond donors (Lipinski definition) is 0. The van der Waals surface area contributed by atoms with E-state index in [1.807, 2.05) is 12.1 Å². The topological polar surface area (TPSA) is 26.3 Å². The SMILES string of the molecule is COC(=O)c1ccc(CC2CCC(C)CC2)cc1. The van der Waals surface area contributed by atoms with Gasteiger partial charge >= 0.3 is 5.97 Å². The van der Waals surface area contributed by atoms with E-state index in [4.69, 9.17) is 4.74 Å². The lowest BCUT2D eigenvalue weighted by Gasteiger charge is -2.26. The number of benzene rings is 1. The van der Waals surface area contributed by atoms with E-state index in [1.165, 1.54) is 38.4 Å². The second-order valence-electron chi connectivity index (χ2n) is 5.52. The van der Waals surface area contributed by atoms with Crippen molar-refractivity contribution < 1.29 is 9.53 Å². The minimum atomic E-state index is -0.256. The number of rotatable bonds is 3. The van der Waals surface area contributed by atoms with Crippen LogP contribution in [0, 0.1) is 11.8 Å². The molecule has 0 spiro atoms. The van der Waals surface area contributed by atoms with Gasteiger partial charge in [-0.15, -0.1) is 0 Å². The third kappa shape index (κ3) is 3.34. The number of methoxy groups -OCH3 is 1. The Morgan fingerprint density at radius 3 is 2.33 bits per heavy atom. The van der Waals surface area contributed by atoms with E-state index in [2.05, 4.69) is 19.1 Å². The molecule has 0 radical (unpaired) electrons. The first kappa shape index (κ1) is 13.1. The van der Waals surface area contributed by atoms with E-state index >= 15 is 0 Å². The van der Waals surface area contributed by atoms with Gasteiger partial charge in [-0.3, -0.25) is 0 Å². The molecule has 1 aromatic carbocycles.